The van der Waals surface area contributed by atoms with E-state index in [0.29, 0.717) is 5.52 Å². The van der Waals surface area contributed by atoms with Crippen LogP contribution in [0.4, 0.5) is 23.4 Å². The van der Waals surface area contributed by atoms with E-state index < -0.39 is 17.7 Å². The number of nitrogens with zero attached hydrogens (tertiary/aromatic N) is 6. The Morgan fingerprint density at radius 3 is 2.52 bits per heavy atom. The molecule has 0 aliphatic rings. The van der Waals surface area contributed by atoms with Crippen LogP contribution in [-0.4, -0.2) is 30.1 Å². The minimum atomic E-state index is -4.61. The molecule has 0 saturated heterocycles. The zero-order valence-corrected chi connectivity index (χ0v) is 13.3. The lowest BCUT2D eigenvalue weighted by atomic mass is 10.3. The van der Waals surface area contributed by atoms with Crippen LogP contribution in [0.3, 0.4) is 0 Å². The second-order valence-corrected chi connectivity index (χ2v) is 5.53. The normalized spacial score (nSPS) is 12.0. The molecular formula is C15H9F4N7O. The van der Waals surface area contributed by atoms with Crippen LogP contribution < -0.4 is 5.73 Å². The van der Waals surface area contributed by atoms with Crippen molar-refractivity contribution in [2.45, 2.75) is 12.7 Å². The Balaban J connectivity index is 1.84. The molecule has 4 aromatic rings. The molecule has 1 aromatic carbocycles. The second kappa shape index (κ2) is 6.00. The van der Waals surface area contributed by atoms with Crippen LogP contribution in [0.1, 0.15) is 11.4 Å². The minimum Gasteiger partial charge on any atom is -0.379 e. The molecule has 3 heterocycles. The monoisotopic (exact) mass is 379 g/mol. The number of imidazole rings is 1. The first-order chi connectivity index (χ1) is 12.8. The summed E-state index contributed by atoms with van der Waals surface area (Å²) in [6.45, 7) is -0.121. The van der Waals surface area contributed by atoms with Crippen LogP contribution in [0.5, 0.6) is 0 Å². The van der Waals surface area contributed by atoms with Crippen LogP contribution >= 0.6 is 0 Å². The van der Waals surface area contributed by atoms with Gasteiger partial charge in [0.15, 0.2) is 23.0 Å². The molecule has 0 amide bonds. The van der Waals surface area contributed by atoms with Crippen molar-refractivity contribution in [2.24, 2.45) is 0 Å². The van der Waals surface area contributed by atoms with Crippen LogP contribution in [0, 0.1) is 5.82 Å². The number of halogens is 4. The predicted molar refractivity (Wildman–Crippen MR) is 83.5 cm³/mol. The highest BCUT2D eigenvalue weighted by Gasteiger charge is 2.33. The Kier molecular flexibility index (Phi) is 3.75. The average molecular weight is 379 g/mol. The van der Waals surface area contributed by atoms with Gasteiger partial charge in [0.05, 0.1) is 17.8 Å². The molecule has 12 heteroatoms. The van der Waals surface area contributed by atoms with Gasteiger partial charge in [0, 0.05) is 0 Å². The standard InChI is InChI=1S/C15H9F4N7O/c16-8-2-1-3-9-12(8)26(14(21-9)11-13(20)25-27-24-11)6-7-4-5-10(23-22-7)15(17,18)19/h1-5H,6H2,(H2,20,25). The molecule has 27 heavy (non-hydrogen) atoms. The van der Waals surface area contributed by atoms with Gasteiger partial charge in [-0.25, -0.2) is 14.0 Å². The number of fused-ring (bicyclic) bond motifs is 1. The van der Waals surface area contributed by atoms with Crippen LogP contribution in [0.15, 0.2) is 35.0 Å². The summed E-state index contributed by atoms with van der Waals surface area (Å²) in [4.78, 5) is 4.28. The first kappa shape index (κ1) is 16.9. The van der Waals surface area contributed by atoms with E-state index in [4.69, 9.17) is 5.73 Å². The highest BCUT2D eigenvalue weighted by molar-refractivity contribution is 5.82. The van der Waals surface area contributed by atoms with E-state index in [-0.39, 0.29) is 35.1 Å². The van der Waals surface area contributed by atoms with E-state index in [1.165, 1.54) is 16.7 Å². The Bertz CT molecular complexity index is 1120. The molecule has 0 fully saturated rings. The number of hydrogen-bond acceptors (Lipinski definition) is 7. The molecule has 0 spiro atoms. The molecule has 0 atom stereocenters. The van der Waals surface area contributed by atoms with Crippen molar-refractivity contribution >= 4 is 16.9 Å². The molecule has 3 aromatic heterocycles. The largest absolute Gasteiger partial charge is 0.435 e. The fraction of sp³-hybridized carbons (Fsp3) is 0.133. The SMILES string of the molecule is Nc1nonc1-c1nc2cccc(F)c2n1Cc1ccc(C(F)(F)F)nn1. The first-order valence-electron chi connectivity index (χ1n) is 7.47. The summed E-state index contributed by atoms with van der Waals surface area (Å²) in [5.41, 5.74) is 5.20. The lowest BCUT2D eigenvalue weighted by Gasteiger charge is -2.09. The first-order valence-corrected chi connectivity index (χ1v) is 7.47. The molecule has 0 aliphatic carbocycles. The quantitative estimate of drug-likeness (QED) is 0.545. The predicted octanol–water partition coefficient (Wildman–Crippen LogP) is 2.66. The van der Waals surface area contributed by atoms with Crippen molar-refractivity contribution in [1.29, 1.82) is 0 Å². The number of aromatic nitrogens is 6. The molecule has 8 nitrogen and oxygen atoms in total. The molecule has 4 rings (SSSR count). The van der Waals surface area contributed by atoms with Crippen molar-refractivity contribution in [2.75, 3.05) is 5.73 Å². The van der Waals surface area contributed by atoms with Gasteiger partial charge in [-0.15, -0.1) is 5.10 Å². The van der Waals surface area contributed by atoms with E-state index in [1.54, 1.807) is 6.07 Å². The molecule has 0 saturated carbocycles. The van der Waals surface area contributed by atoms with Gasteiger partial charge in [0.2, 0.25) is 0 Å². The maximum Gasteiger partial charge on any atom is 0.435 e. The van der Waals surface area contributed by atoms with Crippen molar-refractivity contribution < 1.29 is 22.2 Å². The van der Waals surface area contributed by atoms with Crippen molar-refractivity contribution in [1.82, 2.24) is 30.1 Å². The smallest absolute Gasteiger partial charge is 0.379 e. The Morgan fingerprint density at radius 2 is 1.89 bits per heavy atom. The molecule has 2 N–H and O–H groups in total. The summed E-state index contributed by atoms with van der Waals surface area (Å²) in [5.74, 6) is -0.512. The number of anilines is 1. The Morgan fingerprint density at radius 1 is 1.07 bits per heavy atom. The second-order valence-electron chi connectivity index (χ2n) is 5.53. The maximum atomic E-state index is 14.4. The summed E-state index contributed by atoms with van der Waals surface area (Å²) in [6, 6.07) is 6.22. The molecular weight excluding hydrogens is 370 g/mol. The topological polar surface area (TPSA) is 109 Å². The van der Waals surface area contributed by atoms with Crippen molar-refractivity contribution in [3.05, 3.63) is 47.5 Å². The zero-order chi connectivity index (χ0) is 19.2. The summed E-state index contributed by atoms with van der Waals surface area (Å²) >= 11 is 0. The fourth-order valence-electron chi connectivity index (χ4n) is 2.58. The van der Waals surface area contributed by atoms with E-state index in [9.17, 15) is 17.6 Å². The number of nitrogens with two attached hydrogens (primary N) is 1. The van der Waals surface area contributed by atoms with Crippen LogP contribution in [0.25, 0.3) is 22.6 Å². The van der Waals surface area contributed by atoms with Gasteiger partial charge in [-0.2, -0.15) is 18.3 Å². The number of hydrogen-bond donors (Lipinski definition) is 1. The molecule has 0 unspecified atom stereocenters. The number of alkyl halides is 3. The highest BCUT2D eigenvalue weighted by Crippen LogP contribution is 2.29. The third-order valence-corrected chi connectivity index (χ3v) is 3.77. The molecule has 0 bridgehead atoms. The lowest BCUT2D eigenvalue weighted by molar-refractivity contribution is -0.141. The minimum absolute atomic E-state index is 0.0644. The Hall–Kier alpha value is -3.57. The maximum absolute atomic E-state index is 14.4. The van der Waals surface area contributed by atoms with Crippen LogP contribution in [-0.2, 0) is 12.7 Å². The lowest BCUT2D eigenvalue weighted by Crippen LogP contribution is -2.12. The van der Waals surface area contributed by atoms with Gasteiger partial charge in [-0.3, -0.25) is 0 Å². The summed E-state index contributed by atoms with van der Waals surface area (Å²) in [7, 11) is 0. The van der Waals surface area contributed by atoms with Gasteiger partial charge >= 0.3 is 6.18 Å². The average Bonchev–Trinajstić information content (AvgIpc) is 3.19. The van der Waals surface area contributed by atoms with E-state index in [0.717, 1.165) is 12.1 Å². The highest BCUT2D eigenvalue weighted by atomic mass is 19.4. The van der Waals surface area contributed by atoms with Gasteiger partial charge in [0.1, 0.15) is 11.3 Å². The fourth-order valence-corrected chi connectivity index (χ4v) is 2.58. The van der Waals surface area contributed by atoms with Crippen molar-refractivity contribution in [3.8, 4) is 11.5 Å². The summed E-state index contributed by atoms with van der Waals surface area (Å²) in [6.07, 6.45) is -4.61. The molecule has 0 aliphatic heterocycles. The molecule has 0 radical (unpaired) electrons. The van der Waals surface area contributed by atoms with Gasteiger partial charge in [-0.1, -0.05) is 6.07 Å². The third kappa shape index (κ3) is 2.94. The van der Waals surface area contributed by atoms with E-state index in [1.807, 2.05) is 0 Å². The zero-order valence-electron chi connectivity index (χ0n) is 13.3. The van der Waals surface area contributed by atoms with Gasteiger partial charge in [-0.05, 0) is 34.6 Å². The molecule has 138 valence electrons. The van der Waals surface area contributed by atoms with Crippen LogP contribution in [0.2, 0.25) is 0 Å². The third-order valence-electron chi connectivity index (χ3n) is 3.77. The number of rotatable bonds is 3. The Labute approximate surface area is 147 Å². The number of para-hydroxylation sites is 1. The van der Waals surface area contributed by atoms with E-state index >= 15 is 0 Å². The summed E-state index contributed by atoms with van der Waals surface area (Å²) in [5, 5.41) is 13.9. The number of benzene rings is 1. The number of nitrogen functional groups attached to an aromatic ring is 1. The van der Waals surface area contributed by atoms with E-state index in [2.05, 4.69) is 30.1 Å². The summed E-state index contributed by atoms with van der Waals surface area (Å²) < 4.78 is 58.3. The van der Waals surface area contributed by atoms with Gasteiger partial charge < -0.3 is 10.3 Å². The van der Waals surface area contributed by atoms with Crippen molar-refractivity contribution in [3.63, 3.8) is 0 Å². The van der Waals surface area contributed by atoms with Gasteiger partial charge in [0.25, 0.3) is 0 Å².